The van der Waals surface area contributed by atoms with Gasteiger partial charge >= 0.3 is 0 Å². The van der Waals surface area contributed by atoms with Crippen molar-refractivity contribution in [3.63, 3.8) is 0 Å². The van der Waals surface area contributed by atoms with Gasteiger partial charge in [-0.25, -0.2) is 4.98 Å². The predicted octanol–water partition coefficient (Wildman–Crippen LogP) is 3.46. The van der Waals surface area contributed by atoms with E-state index >= 15 is 0 Å². The first-order valence-corrected chi connectivity index (χ1v) is 7.29. The molecule has 116 valence electrons. The van der Waals surface area contributed by atoms with E-state index in [1.54, 1.807) is 18.2 Å². The largest absolute Gasteiger partial charge is 0.493 e. The molecule has 0 saturated carbocycles. The van der Waals surface area contributed by atoms with Crippen molar-refractivity contribution in [2.45, 2.75) is 33.3 Å². The van der Waals surface area contributed by atoms with Crippen LogP contribution >= 0.6 is 0 Å². The standard InChI is InChI=1S/C18H21NO3/c1-12(2)14-8-9-15(18(20)16(10-14)21-4)11-22-17-7-5-6-13(3)19-17/h5-10,12H,11H2,1-4H3. The molecule has 1 aromatic carbocycles. The zero-order valence-electron chi connectivity index (χ0n) is 13.4. The minimum absolute atomic E-state index is 0.151. The molecule has 0 aliphatic carbocycles. The Bertz CT molecular complexity index is 711. The number of rotatable bonds is 5. The molecule has 0 aliphatic heterocycles. The predicted molar refractivity (Wildman–Crippen MR) is 86.7 cm³/mol. The number of hydrogen-bond donors (Lipinski definition) is 0. The second-order valence-electron chi connectivity index (χ2n) is 5.46. The zero-order valence-corrected chi connectivity index (χ0v) is 13.4. The van der Waals surface area contributed by atoms with Gasteiger partial charge in [-0.2, -0.15) is 0 Å². The quantitative estimate of drug-likeness (QED) is 0.848. The molecule has 1 heterocycles. The van der Waals surface area contributed by atoms with Gasteiger partial charge in [0.2, 0.25) is 11.3 Å². The molecule has 0 saturated heterocycles. The zero-order chi connectivity index (χ0) is 16.1. The third-order valence-corrected chi connectivity index (χ3v) is 3.42. The summed E-state index contributed by atoms with van der Waals surface area (Å²) in [7, 11) is 1.51. The maximum atomic E-state index is 12.4. The Morgan fingerprint density at radius 1 is 1.18 bits per heavy atom. The van der Waals surface area contributed by atoms with Gasteiger partial charge in [0.1, 0.15) is 6.61 Å². The van der Waals surface area contributed by atoms with Crippen LogP contribution in [0.4, 0.5) is 0 Å². The van der Waals surface area contributed by atoms with E-state index < -0.39 is 0 Å². The summed E-state index contributed by atoms with van der Waals surface area (Å²) in [6, 6.07) is 11.1. The van der Waals surface area contributed by atoms with Gasteiger partial charge in [0.05, 0.1) is 7.11 Å². The molecule has 0 unspecified atom stereocenters. The van der Waals surface area contributed by atoms with Gasteiger partial charge in [-0.15, -0.1) is 0 Å². The number of pyridine rings is 1. The number of aryl methyl sites for hydroxylation is 1. The van der Waals surface area contributed by atoms with Crippen LogP contribution in [0.25, 0.3) is 0 Å². The summed E-state index contributed by atoms with van der Waals surface area (Å²) in [5, 5.41) is 0. The Hall–Kier alpha value is -2.36. The monoisotopic (exact) mass is 299 g/mol. The molecular formula is C18H21NO3. The summed E-state index contributed by atoms with van der Waals surface area (Å²) in [4.78, 5) is 16.7. The van der Waals surface area contributed by atoms with Crippen molar-refractivity contribution in [1.82, 2.24) is 4.98 Å². The third kappa shape index (κ3) is 3.85. The molecule has 0 atom stereocenters. The average Bonchev–Trinajstić information content (AvgIpc) is 2.64. The normalized spacial score (nSPS) is 10.6. The maximum Gasteiger partial charge on any atom is 0.226 e. The Balaban J connectivity index is 2.31. The van der Waals surface area contributed by atoms with Gasteiger partial charge in [-0.1, -0.05) is 32.0 Å². The molecule has 0 aliphatic rings. The molecule has 0 N–H and O–H groups in total. The van der Waals surface area contributed by atoms with Crippen LogP contribution < -0.4 is 14.9 Å². The summed E-state index contributed by atoms with van der Waals surface area (Å²) in [5.41, 5.74) is 2.32. The molecule has 0 amide bonds. The van der Waals surface area contributed by atoms with E-state index in [0.717, 1.165) is 11.3 Å². The Kier molecular flexibility index (Phi) is 5.15. The third-order valence-electron chi connectivity index (χ3n) is 3.42. The lowest BCUT2D eigenvalue weighted by Gasteiger charge is -2.04. The average molecular weight is 299 g/mol. The number of methoxy groups -OCH3 is 1. The highest BCUT2D eigenvalue weighted by atomic mass is 16.5. The van der Waals surface area contributed by atoms with Crippen molar-refractivity contribution in [3.05, 3.63) is 63.4 Å². The SMILES string of the molecule is COc1cc(C(C)C)ccc(COc2cccc(C)n2)c1=O. The van der Waals surface area contributed by atoms with E-state index in [1.165, 1.54) is 7.11 Å². The molecule has 1 aromatic heterocycles. The van der Waals surface area contributed by atoms with Crippen LogP contribution in [-0.2, 0) is 6.61 Å². The van der Waals surface area contributed by atoms with Crippen LogP contribution in [0.1, 0.15) is 36.6 Å². The van der Waals surface area contributed by atoms with Crippen molar-refractivity contribution in [2.75, 3.05) is 7.11 Å². The first kappa shape index (κ1) is 16.0. The van der Waals surface area contributed by atoms with Crippen molar-refractivity contribution < 1.29 is 9.47 Å². The lowest BCUT2D eigenvalue weighted by molar-refractivity contribution is 0.291. The number of ether oxygens (including phenoxy) is 2. The Labute approximate surface area is 130 Å². The minimum Gasteiger partial charge on any atom is -0.493 e. The molecule has 0 spiro atoms. The van der Waals surface area contributed by atoms with Gasteiger partial charge in [-0.3, -0.25) is 4.79 Å². The molecule has 4 heteroatoms. The second-order valence-corrected chi connectivity index (χ2v) is 5.46. The first-order chi connectivity index (χ1) is 10.5. The first-order valence-electron chi connectivity index (χ1n) is 7.29. The van der Waals surface area contributed by atoms with Crippen molar-refractivity contribution in [1.29, 1.82) is 0 Å². The van der Waals surface area contributed by atoms with Crippen molar-refractivity contribution in [3.8, 4) is 11.6 Å². The van der Waals surface area contributed by atoms with Gasteiger partial charge < -0.3 is 9.47 Å². The van der Waals surface area contributed by atoms with E-state index in [9.17, 15) is 4.79 Å². The molecule has 0 radical (unpaired) electrons. The van der Waals surface area contributed by atoms with Crippen LogP contribution in [0, 0.1) is 6.92 Å². The van der Waals surface area contributed by atoms with Crippen LogP contribution in [-0.4, -0.2) is 12.1 Å². The van der Waals surface area contributed by atoms with Crippen LogP contribution in [0.15, 0.2) is 41.2 Å². The molecule has 2 rings (SSSR count). The maximum absolute atomic E-state index is 12.4. The fourth-order valence-corrected chi connectivity index (χ4v) is 2.07. The van der Waals surface area contributed by atoms with E-state index in [-0.39, 0.29) is 12.0 Å². The highest BCUT2D eigenvalue weighted by Gasteiger charge is 2.09. The summed E-state index contributed by atoms with van der Waals surface area (Å²) in [5.74, 6) is 1.16. The van der Waals surface area contributed by atoms with Gasteiger partial charge in [0, 0.05) is 17.3 Å². The second kappa shape index (κ2) is 7.07. The van der Waals surface area contributed by atoms with Gasteiger partial charge in [-0.05, 0) is 30.5 Å². The highest BCUT2D eigenvalue weighted by Crippen LogP contribution is 2.17. The summed E-state index contributed by atoms with van der Waals surface area (Å²) >= 11 is 0. The highest BCUT2D eigenvalue weighted by molar-refractivity contribution is 5.33. The Morgan fingerprint density at radius 3 is 2.59 bits per heavy atom. The summed E-state index contributed by atoms with van der Waals surface area (Å²) in [6.45, 7) is 6.21. The van der Waals surface area contributed by atoms with Crippen molar-refractivity contribution >= 4 is 0 Å². The molecule has 2 aromatic rings. The lowest BCUT2D eigenvalue weighted by atomic mass is 10.1. The smallest absolute Gasteiger partial charge is 0.226 e. The van der Waals surface area contributed by atoms with Crippen LogP contribution in [0.3, 0.4) is 0 Å². The van der Waals surface area contributed by atoms with Gasteiger partial charge in [0.25, 0.3) is 0 Å². The fourth-order valence-electron chi connectivity index (χ4n) is 2.07. The fraction of sp³-hybridized carbons (Fsp3) is 0.333. The number of nitrogens with zero attached hydrogens (tertiary/aromatic N) is 1. The van der Waals surface area contributed by atoms with Crippen LogP contribution in [0.5, 0.6) is 11.6 Å². The van der Waals surface area contributed by atoms with E-state index in [4.69, 9.17) is 9.47 Å². The minimum atomic E-state index is -0.151. The molecule has 0 fully saturated rings. The van der Waals surface area contributed by atoms with Crippen LogP contribution in [0.2, 0.25) is 0 Å². The molecule has 22 heavy (non-hydrogen) atoms. The summed E-state index contributed by atoms with van der Waals surface area (Å²) in [6.07, 6.45) is 0. The van der Waals surface area contributed by atoms with Crippen molar-refractivity contribution in [2.24, 2.45) is 0 Å². The van der Waals surface area contributed by atoms with E-state index in [0.29, 0.717) is 23.1 Å². The number of aromatic nitrogens is 1. The molecular weight excluding hydrogens is 278 g/mol. The molecule has 0 bridgehead atoms. The lowest BCUT2D eigenvalue weighted by Crippen LogP contribution is -2.11. The Morgan fingerprint density at radius 2 is 1.95 bits per heavy atom. The topological polar surface area (TPSA) is 48.4 Å². The van der Waals surface area contributed by atoms with E-state index in [1.807, 2.05) is 25.1 Å². The number of hydrogen-bond acceptors (Lipinski definition) is 4. The summed E-state index contributed by atoms with van der Waals surface area (Å²) < 4.78 is 10.9. The van der Waals surface area contributed by atoms with Gasteiger partial charge in [0.15, 0.2) is 5.75 Å². The van der Waals surface area contributed by atoms with E-state index in [2.05, 4.69) is 18.8 Å². The molecule has 4 nitrogen and oxygen atoms in total.